The van der Waals surface area contributed by atoms with Crippen molar-refractivity contribution in [3.8, 4) is 5.75 Å². The molecule has 0 aromatic heterocycles. The standard InChI is InChI=1S/C17H28N2O2/c1-5-18-13(2)17-15(9-6-10-16(17)21-4)19-11-7-8-14(12-19)20-3/h6,9-10,13-14,18H,5,7-8,11-12H2,1-4H3. The van der Waals surface area contributed by atoms with E-state index in [1.165, 1.54) is 17.7 Å². The number of methoxy groups -OCH3 is 2. The first kappa shape index (κ1) is 16.1. The lowest BCUT2D eigenvalue weighted by molar-refractivity contribution is 0.0892. The van der Waals surface area contributed by atoms with Crippen LogP contribution in [0.3, 0.4) is 0 Å². The Morgan fingerprint density at radius 2 is 2.19 bits per heavy atom. The molecule has 118 valence electrons. The smallest absolute Gasteiger partial charge is 0.125 e. The largest absolute Gasteiger partial charge is 0.496 e. The zero-order valence-electron chi connectivity index (χ0n) is 13.7. The third kappa shape index (κ3) is 3.69. The molecule has 1 aliphatic heterocycles. The summed E-state index contributed by atoms with van der Waals surface area (Å²) in [6.07, 6.45) is 2.65. The van der Waals surface area contributed by atoms with Gasteiger partial charge < -0.3 is 19.7 Å². The molecule has 1 saturated heterocycles. The van der Waals surface area contributed by atoms with Crippen LogP contribution >= 0.6 is 0 Å². The molecular formula is C17H28N2O2. The van der Waals surface area contributed by atoms with E-state index in [0.717, 1.165) is 31.8 Å². The average Bonchev–Trinajstić information content (AvgIpc) is 2.54. The topological polar surface area (TPSA) is 33.7 Å². The van der Waals surface area contributed by atoms with Crippen molar-refractivity contribution in [2.75, 3.05) is 38.8 Å². The summed E-state index contributed by atoms with van der Waals surface area (Å²) in [5, 5.41) is 3.50. The van der Waals surface area contributed by atoms with Crippen LogP contribution in [-0.2, 0) is 4.74 Å². The SMILES string of the molecule is CCNC(C)c1c(OC)cccc1N1CCCC(OC)C1. The number of nitrogens with one attached hydrogen (secondary N) is 1. The normalized spacial score (nSPS) is 20.4. The Labute approximate surface area is 128 Å². The molecule has 1 fully saturated rings. The van der Waals surface area contributed by atoms with Crippen LogP contribution in [0.1, 0.15) is 38.3 Å². The maximum atomic E-state index is 5.60. The van der Waals surface area contributed by atoms with Gasteiger partial charge in [-0.1, -0.05) is 13.0 Å². The van der Waals surface area contributed by atoms with E-state index >= 15 is 0 Å². The number of benzene rings is 1. The maximum absolute atomic E-state index is 5.60. The molecule has 0 amide bonds. The van der Waals surface area contributed by atoms with Crippen LogP contribution < -0.4 is 15.0 Å². The number of anilines is 1. The van der Waals surface area contributed by atoms with Crippen LogP contribution in [0.15, 0.2) is 18.2 Å². The van der Waals surface area contributed by atoms with Crippen LogP contribution in [0.2, 0.25) is 0 Å². The molecule has 1 aromatic carbocycles. The lowest BCUT2D eigenvalue weighted by Crippen LogP contribution is -2.40. The molecule has 4 heteroatoms. The first-order valence-corrected chi connectivity index (χ1v) is 7.89. The third-order valence-electron chi connectivity index (χ3n) is 4.26. The monoisotopic (exact) mass is 292 g/mol. The van der Waals surface area contributed by atoms with Gasteiger partial charge in [-0.3, -0.25) is 0 Å². The molecule has 2 rings (SSSR count). The summed E-state index contributed by atoms with van der Waals surface area (Å²) in [6, 6.07) is 6.59. The van der Waals surface area contributed by atoms with Crippen molar-refractivity contribution in [3.05, 3.63) is 23.8 Å². The van der Waals surface area contributed by atoms with Gasteiger partial charge in [-0.25, -0.2) is 0 Å². The Kier molecular flexibility index (Phi) is 5.88. The van der Waals surface area contributed by atoms with Crippen molar-refractivity contribution in [1.29, 1.82) is 0 Å². The third-order valence-corrected chi connectivity index (χ3v) is 4.26. The van der Waals surface area contributed by atoms with E-state index in [2.05, 4.69) is 36.2 Å². The van der Waals surface area contributed by atoms with Crippen molar-refractivity contribution in [1.82, 2.24) is 5.32 Å². The molecule has 21 heavy (non-hydrogen) atoms. The van der Waals surface area contributed by atoms with Crippen LogP contribution in [0.5, 0.6) is 5.75 Å². The van der Waals surface area contributed by atoms with Crippen molar-refractivity contribution in [2.24, 2.45) is 0 Å². The molecule has 0 spiro atoms. The highest BCUT2D eigenvalue weighted by atomic mass is 16.5. The van der Waals surface area contributed by atoms with Crippen LogP contribution in [-0.4, -0.2) is 40.0 Å². The van der Waals surface area contributed by atoms with Gasteiger partial charge in [0, 0.05) is 37.5 Å². The second-order valence-electron chi connectivity index (χ2n) is 5.62. The minimum atomic E-state index is 0.268. The Hall–Kier alpha value is -1.26. The quantitative estimate of drug-likeness (QED) is 0.874. The second kappa shape index (κ2) is 7.66. The van der Waals surface area contributed by atoms with E-state index < -0.39 is 0 Å². The van der Waals surface area contributed by atoms with Gasteiger partial charge in [0.15, 0.2) is 0 Å². The van der Waals surface area contributed by atoms with Crippen LogP contribution in [0, 0.1) is 0 Å². The van der Waals surface area contributed by atoms with Crippen molar-refractivity contribution >= 4 is 5.69 Å². The van der Waals surface area contributed by atoms with Gasteiger partial charge in [0.25, 0.3) is 0 Å². The van der Waals surface area contributed by atoms with Crippen molar-refractivity contribution in [3.63, 3.8) is 0 Å². The fourth-order valence-corrected chi connectivity index (χ4v) is 3.18. The molecule has 2 unspecified atom stereocenters. The fraction of sp³-hybridized carbons (Fsp3) is 0.647. The van der Waals surface area contributed by atoms with Crippen molar-refractivity contribution in [2.45, 2.75) is 38.8 Å². The molecule has 2 atom stereocenters. The molecular weight excluding hydrogens is 264 g/mol. The minimum Gasteiger partial charge on any atom is -0.496 e. The van der Waals surface area contributed by atoms with Gasteiger partial charge in [0.2, 0.25) is 0 Å². The number of hydrogen-bond acceptors (Lipinski definition) is 4. The van der Waals surface area contributed by atoms with E-state index in [1.807, 2.05) is 13.2 Å². The van der Waals surface area contributed by atoms with Crippen LogP contribution in [0.4, 0.5) is 5.69 Å². The number of rotatable bonds is 6. The lowest BCUT2D eigenvalue weighted by Gasteiger charge is -2.36. The van der Waals surface area contributed by atoms with E-state index in [9.17, 15) is 0 Å². The first-order chi connectivity index (χ1) is 10.2. The lowest BCUT2D eigenvalue weighted by atomic mass is 10.0. The van der Waals surface area contributed by atoms with Gasteiger partial charge in [-0.2, -0.15) is 0 Å². The summed E-state index contributed by atoms with van der Waals surface area (Å²) >= 11 is 0. The van der Waals surface area contributed by atoms with Gasteiger partial charge in [0.05, 0.1) is 13.2 Å². The van der Waals surface area contributed by atoms with Crippen LogP contribution in [0.25, 0.3) is 0 Å². The molecule has 1 N–H and O–H groups in total. The summed E-state index contributed by atoms with van der Waals surface area (Å²) in [5.41, 5.74) is 2.52. The predicted molar refractivity (Wildman–Crippen MR) is 87.3 cm³/mol. The summed E-state index contributed by atoms with van der Waals surface area (Å²) in [6.45, 7) is 7.31. The number of ether oxygens (including phenoxy) is 2. The Morgan fingerprint density at radius 3 is 2.86 bits per heavy atom. The number of hydrogen-bond donors (Lipinski definition) is 1. The highest BCUT2D eigenvalue weighted by molar-refractivity contribution is 5.61. The molecule has 4 nitrogen and oxygen atoms in total. The van der Waals surface area contributed by atoms with Crippen molar-refractivity contribution < 1.29 is 9.47 Å². The second-order valence-corrected chi connectivity index (χ2v) is 5.62. The highest BCUT2D eigenvalue weighted by Crippen LogP contribution is 2.36. The summed E-state index contributed by atoms with van der Waals surface area (Å²) < 4.78 is 11.2. The molecule has 1 heterocycles. The zero-order valence-corrected chi connectivity index (χ0v) is 13.7. The Morgan fingerprint density at radius 1 is 1.38 bits per heavy atom. The van der Waals surface area contributed by atoms with E-state index in [0.29, 0.717) is 6.10 Å². The summed E-state index contributed by atoms with van der Waals surface area (Å²) in [5.74, 6) is 0.959. The Balaban J connectivity index is 2.33. The van der Waals surface area contributed by atoms with Gasteiger partial charge in [-0.05, 0) is 38.4 Å². The maximum Gasteiger partial charge on any atom is 0.125 e. The number of piperidine rings is 1. The molecule has 0 saturated carbocycles. The average molecular weight is 292 g/mol. The minimum absolute atomic E-state index is 0.268. The summed E-state index contributed by atoms with van der Waals surface area (Å²) in [7, 11) is 3.55. The first-order valence-electron chi connectivity index (χ1n) is 7.89. The molecule has 0 aliphatic carbocycles. The van der Waals surface area contributed by atoms with E-state index in [1.54, 1.807) is 7.11 Å². The van der Waals surface area contributed by atoms with E-state index in [4.69, 9.17) is 9.47 Å². The molecule has 1 aromatic rings. The predicted octanol–water partition coefficient (Wildman–Crippen LogP) is 2.98. The molecule has 1 aliphatic rings. The molecule has 0 bridgehead atoms. The molecule has 0 radical (unpaired) electrons. The Bertz CT molecular complexity index is 450. The summed E-state index contributed by atoms with van der Waals surface area (Å²) in [4.78, 5) is 2.43. The van der Waals surface area contributed by atoms with E-state index in [-0.39, 0.29) is 6.04 Å². The zero-order chi connectivity index (χ0) is 15.2. The van der Waals surface area contributed by atoms with Gasteiger partial charge in [-0.15, -0.1) is 0 Å². The highest BCUT2D eigenvalue weighted by Gasteiger charge is 2.24. The van der Waals surface area contributed by atoms with Gasteiger partial charge >= 0.3 is 0 Å². The number of nitrogens with zero attached hydrogens (tertiary/aromatic N) is 1. The van der Waals surface area contributed by atoms with Gasteiger partial charge in [0.1, 0.15) is 5.75 Å². The fourth-order valence-electron chi connectivity index (χ4n) is 3.18.